The summed E-state index contributed by atoms with van der Waals surface area (Å²) in [6.07, 6.45) is 1.45. The number of hydrogen-bond donors (Lipinski definition) is 3. The Morgan fingerprint density at radius 3 is 2.57 bits per heavy atom. The van der Waals surface area contributed by atoms with Gasteiger partial charge >= 0.3 is 0 Å². The molecule has 0 spiro atoms. The SMILES string of the molecule is CN=C(NCC(Cc1ccc(F)cc1)C(N)=O)NC1CCN(c2ccc(C)cc2)C1. The molecule has 6 nitrogen and oxygen atoms in total. The van der Waals surface area contributed by atoms with Gasteiger partial charge in [-0.1, -0.05) is 29.8 Å². The second-order valence-electron chi connectivity index (χ2n) is 7.79. The van der Waals surface area contributed by atoms with Crippen molar-refractivity contribution in [3.05, 3.63) is 65.5 Å². The zero-order chi connectivity index (χ0) is 21.5. The molecule has 7 heteroatoms. The molecule has 2 aromatic rings. The minimum Gasteiger partial charge on any atom is -0.369 e. The third kappa shape index (κ3) is 5.95. The van der Waals surface area contributed by atoms with Gasteiger partial charge in [-0.05, 0) is 49.6 Å². The number of primary amides is 1. The summed E-state index contributed by atoms with van der Waals surface area (Å²) in [6, 6.07) is 15.0. The molecule has 30 heavy (non-hydrogen) atoms. The van der Waals surface area contributed by atoms with Crippen molar-refractivity contribution in [1.29, 1.82) is 0 Å². The lowest BCUT2D eigenvalue weighted by atomic mass is 9.98. The zero-order valence-corrected chi connectivity index (χ0v) is 17.6. The van der Waals surface area contributed by atoms with Gasteiger partial charge in [0.05, 0.1) is 5.92 Å². The Kier molecular flexibility index (Phi) is 7.27. The largest absolute Gasteiger partial charge is 0.369 e. The highest BCUT2D eigenvalue weighted by atomic mass is 19.1. The average Bonchev–Trinajstić information content (AvgIpc) is 3.20. The van der Waals surface area contributed by atoms with Crippen LogP contribution in [0.5, 0.6) is 0 Å². The lowest BCUT2D eigenvalue weighted by molar-refractivity contribution is -0.121. The number of nitrogens with two attached hydrogens (primary N) is 1. The van der Waals surface area contributed by atoms with E-state index in [-0.39, 0.29) is 11.9 Å². The van der Waals surface area contributed by atoms with Gasteiger partial charge in [0.15, 0.2) is 5.96 Å². The van der Waals surface area contributed by atoms with Gasteiger partial charge in [-0.2, -0.15) is 0 Å². The van der Waals surface area contributed by atoms with Crippen LogP contribution in [0.3, 0.4) is 0 Å². The second kappa shape index (κ2) is 10.1. The molecule has 1 amide bonds. The Morgan fingerprint density at radius 1 is 1.23 bits per heavy atom. The fraction of sp³-hybridized carbons (Fsp3) is 0.391. The highest BCUT2D eigenvalue weighted by Gasteiger charge is 2.24. The number of nitrogens with one attached hydrogen (secondary N) is 2. The lowest BCUT2D eigenvalue weighted by Crippen LogP contribution is -2.47. The molecule has 1 aliphatic rings. The van der Waals surface area contributed by atoms with Crippen LogP contribution in [0.25, 0.3) is 0 Å². The minimum absolute atomic E-state index is 0.265. The van der Waals surface area contributed by atoms with E-state index in [1.54, 1.807) is 19.2 Å². The zero-order valence-electron chi connectivity index (χ0n) is 17.6. The van der Waals surface area contributed by atoms with Crippen LogP contribution in [0, 0.1) is 18.7 Å². The van der Waals surface area contributed by atoms with E-state index in [4.69, 9.17) is 5.73 Å². The molecule has 2 aromatic carbocycles. The monoisotopic (exact) mass is 411 g/mol. The summed E-state index contributed by atoms with van der Waals surface area (Å²) >= 11 is 0. The van der Waals surface area contributed by atoms with Gasteiger partial charge in [-0.3, -0.25) is 9.79 Å². The van der Waals surface area contributed by atoms with Crippen LogP contribution in [0.15, 0.2) is 53.5 Å². The summed E-state index contributed by atoms with van der Waals surface area (Å²) in [5.74, 6) is -0.459. The number of amides is 1. The first-order valence-corrected chi connectivity index (χ1v) is 10.3. The van der Waals surface area contributed by atoms with E-state index < -0.39 is 11.8 Å². The molecule has 3 rings (SSSR count). The van der Waals surface area contributed by atoms with E-state index in [2.05, 4.69) is 51.7 Å². The molecule has 1 heterocycles. The number of carbonyl (C=O) groups excluding carboxylic acids is 1. The third-order valence-electron chi connectivity index (χ3n) is 5.47. The second-order valence-corrected chi connectivity index (χ2v) is 7.79. The van der Waals surface area contributed by atoms with Crippen LogP contribution in [0.1, 0.15) is 17.5 Å². The van der Waals surface area contributed by atoms with Crippen molar-refractivity contribution in [3.63, 3.8) is 0 Å². The van der Waals surface area contributed by atoms with Crippen molar-refractivity contribution in [3.8, 4) is 0 Å². The number of hydrogen-bond acceptors (Lipinski definition) is 3. The fourth-order valence-electron chi connectivity index (χ4n) is 3.65. The van der Waals surface area contributed by atoms with Crippen molar-refractivity contribution in [1.82, 2.24) is 10.6 Å². The van der Waals surface area contributed by atoms with E-state index >= 15 is 0 Å². The van der Waals surface area contributed by atoms with Gasteiger partial charge < -0.3 is 21.3 Å². The van der Waals surface area contributed by atoms with Crippen molar-refractivity contribution in [2.24, 2.45) is 16.6 Å². The molecule has 160 valence electrons. The van der Waals surface area contributed by atoms with Crippen LogP contribution in [-0.4, -0.2) is 44.6 Å². The van der Waals surface area contributed by atoms with E-state index in [0.717, 1.165) is 25.1 Å². The highest BCUT2D eigenvalue weighted by Crippen LogP contribution is 2.20. The first-order chi connectivity index (χ1) is 14.4. The Morgan fingerprint density at radius 2 is 1.93 bits per heavy atom. The molecule has 0 bridgehead atoms. The molecule has 0 aromatic heterocycles. The number of benzene rings is 2. The molecule has 2 atom stereocenters. The van der Waals surface area contributed by atoms with E-state index in [0.29, 0.717) is 18.9 Å². The predicted octanol–water partition coefficient (Wildman–Crippen LogP) is 2.22. The molecular formula is C23H30FN5O. The molecule has 0 radical (unpaired) electrons. The van der Waals surface area contributed by atoms with E-state index in [1.807, 2.05) is 0 Å². The Labute approximate surface area is 177 Å². The minimum atomic E-state index is -0.415. The maximum absolute atomic E-state index is 13.1. The fourth-order valence-corrected chi connectivity index (χ4v) is 3.65. The Hall–Kier alpha value is -3.09. The topological polar surface area (TPSA) is 82.7 Å². The maximum atomic E-state index is 13.1. The van der Waals surface area contributed by atoms with Crippen LogP contribution < -0.4 is 21.3 Å². The standard InChI is InChI=1S/C23H30FN5O/c1-16-3-9-21(10-4-16)29-12-11-20(15-29)28-23(26-2)27-14-18(22(25)30)13-17-5-7-19(24)8-6-17/h3-10,18,20H,11-15H2,1-2H3,(H2,25,30)(H2,26,27,28). The predicted molar refractivity (Wildman–Crippen MR) is 119 cm³/mol. The summed E-state index contributed by atoms with van der Waals surface area (Å²) in [6.45, 7) is 4.31. The average molecular weight is 412 g/mol. The van der Waals surface area contributed by atoms with Gasteiger partial charge in [-0.25, -0.2) is 4.39 Å². The summed E-state index contributed by atoms with van der Waals surface area (Å²) < 4.78 is 13.1. The van der Waals surface area contributed by atoms with Gasteiger partial charge in [-0.15, -0.1) is 0 Å². The van der Waals surface area contributed by atoms with Crippen molar-refractivity contribution < 1.29 is 9.18 Å². The third-order valence-corrected chi connectivity index (χ3v) is 5.47. The summed E-state index contributed by atoms with van der Waals surface area (Å²) in [7, 11) is 1.71. The summed E-state index contributed by atoms with van der Waals surface area (Å²) in [5.41, 5.74) is 8.92. The number of rotatable bonds is 7. The maximum Gasteiger partial charge on any atom is 0.222 e. The van der Waals surface area contributed by atoms with Gasteiger partial charge in [0.25, 0.3) is 0 Å². The first kappa shape index (κ1) is 21.6. The molecular weight excluding hydrogens is 381 g/mol. The van der Waals surface area contributed by atoms with Crippen LogP contribution in [0.2, 0.25) is 0 Å². The van der Waals surface area contributed by atoms with Gasteiger partial charge in [0.1, 0.15) is 5.82 Å². The van der Waals surface area contributed by atoms with Gasteiger partial charge in [0.2, 0.25) is 5.91 Å². The molecule has 1 fully saturated rings. The molecule has 1 aliphatic heterocycles. The Balaban J connectivity index is 1.51. The number of carbonyl (C=O) groups is 1. The number of aryl methyl sites for hydroxylation is 1. The van der Waals surface area contributed by atoms with Gasteiger partial charge in [0, 0.05) is 38.4 Å². The number of aliphatic imine (C=N–C) groups is 1. The van der Waals surface area contributed by atoms with Crippen LogP contribution in [0.4, 0.5) is 10.1 Å². The highest BCUT2D eigenvalue weighted by molar-refractivity contribution is 5.82. The number of guanidine groups is 1. The van der Waals surface area contributed by atoms with Crippen LogP contribution >= 0.6 is 0 Å². The summed E-state index contributed by atoms with van der Waals surface area (Å²) in [5, 5.41) is 6.65. The number of anilines is 1. The normalized spacial score (nSPS) is 17.6. The molecule has 0 saturated carbocycles. The first-order valence-electron chi connectivity index (χ1n) is 10.3. The number of halogens is 1. The molecule has 2 unspecified atom stereocenters. The van der Waals surface area contributed by atoms with Crippen LogP contribution in [-0.2, 0) is 11.2 Å². The van der Waals surface area contributed by atoms with Crippen molar-refractivity contribution >= 4 is 17.6 Å². The van der Waals surface area contributed by atoms with Crippen molar-refractivity contribution in [2.75, 3.05) is 31.6 Å². The smallest absolute Gasteiger partial charge is 0.222 e. The Bertz CT molecular complexity index is 866. The molecule has 1 saturated heterocycles. The molecule has 0 aliphatic carbocycles. The van der Waals surface area contributed by atoms with E-state index in [9.17, 15) is 9.18 Å². The number of nitrogens with zero attached hydrogens (tertiary/aromatic N) is 2. The van der Waals surface area contributed by atoms with E-state index in [1.165, 1.54) is 23.4 Å². The molecule has 4 N–H and O–H groups in total. The summed E-state index contributed by atoms with van der Waals surface area (Å²) in [4.78, 5) is 18.5. The van der Waals surface area contributed by atoms with Crippen molar-refractivity contribution in [2.45, 2.75) is 25.8 Å². The lowest BCUT2D eigenvalue weighted by Gasteiger charge is -2.21. The quantitative estimate of drug-likeness (QED) is 0.482.